The Morgan fingerprint density at radius 2 is 1.84 bits per heavy atom. The largest absolute Gasteiger partial charge is 0.420 e. The lowest BCUT2D eigenvalue weighted by atomic mass is 10.0. The van der Waals surface area contributed by atoms with E-state index in [0.29, 0.717) is 11.8 Å². The summed E-state index contributed by atoms with van der Waals surface area (Å²) < 4.78 is 4.68. The van der Waals surface area contributed by atoms with Crippen molar-refractivity contribution in [2.24, 2.45) is 5.73 Å². The van der Waals surface area contributed by atoms with E-state index in [0.717, 1.165) is 0 Å². The Labute approximate surface area is 107 Å². The van der Waals surface area contributed by atoms with Crippen molar-refractivity contribution >= 4 is 24.3 Å². The zero-order chi connectivity index (χ0) is 14.4. The van der Waals surface area contributed by atoms with Crippen LogP contribution in [0.15, 0.2) is 24.3 Å². The molecule has 0 aliphatic heterocycles. The molecule has 0 aromatic heterocycles. The highest BCUT2D eigenvalue weighted by atomic mass is 16.6. The van der Waals surface area contributed by atoms with Crippen molar-refractivity contribution in [2.75, 3.05) is 0 Å². The summed E-state index contributed by atoms with van der Waals surface area (Å²) in [6.45, 7) is 0. The van der Waals surface area contributed by atoms with Crippen molar-refractivity contribution in [3.05, 3.63) is 29.8 Å². The Morgan fingerprint density at radius 3 is 2.26 bits per heavy atom. The molecule has 0 aliphatic rings. The molecule has 4 amide bonds. The third kappa shape index (κ3) is 4.11. The van der Waals surface area contributed by atoms with Crippen molar-refractivity contribution < 1.29 is 23.9 Å². The summed E-state index contributed by atoms with van der Waals surface area (Å²) in [5, 5.41) is 1.70. The van der Waals surface area contributed by atoms with Gasteiger partial charge in [0.15, 0.2) is 0 Å². The van der Waals surface area contributed by atoms with Crippen LogP contribution in [-0.4, -0.2) is 24.3 Å². The van der Waals surface area contributed by atoms with E-state index in [9.17, 15) is 19.2 Å². The van der Waals surface area contributed by atoms with Crippen molar-refractivity contribution in [1.82, 2.24) is 11.1 Å². The number of hydrogen-bond acceptors (Lipinski definition) is 5. The minimum absolute atomic E-state index is 0.0876. The summed E-state index contributed by atoms with van der Waals surface area (Å²) in [7, 11) is 0. The maximum atomic E-state index is 11.0. The number of imide groups is 1. The molecule has 0 heterocycles. The number of aldehydes is 1. The number of ether oxygens (including phenoxy) is 1. The minimum atomic E-state index is -1.17. The molecule has 99 valence electrons. The van der Waals surface area contributed by atoms with Crippen LogP contribution in [0.25, 0.3) is 0 Å². The molecule has 0 fully saturated rings. The second kappa shape index (κ2) is 6.15. The molecule has 8 nitrogen and oxygen atoms in total. The molecular weight excluding hydrogens is 254 g/mol. The number of carbonyl (C=O) groups excluding carboxylic acids is 4. The molecule has 0 bridgehead atoms. The van der Waals surface area contributed by atoms with E-state index in [-0.39, 0.29) is 5.75 Å². The summed E-state index contributed by atoms with van der Waals surface area (Å²) in [4.78, 5) is 42.9. The van der Waals surface area contributed by atoms with Gasteiger partial charge in [0.2, 0.25) is 0 Å². The zero-order valence-corrected chi connectivity index (χ0v) is 9.58. The highest BCUT2D eigenvalue weighted by Gasteiger charge is 2.17. The maximum Gasteiger partial charge on any atom is 0.420 e. The number of hydrogen-bond donors (Lipinski definition) is 2. The summed E-state index contributed by atoms with van der Waals surface area (Å²) in [6, 6.07) is 4.30. The first-order chi connectivity index (χ1) is 8.93. The van der Waals surface area contributed by atoms with Crippen LogP contribution in [0.4, 0.5) is 9.59 Å². The molecule has 19 heavy (non-hydrogen) atoms. The fourth-order valence-electron chi connectivity index (χ4n) is 1.27. The van der Waals surface area contributed by atoms with Gasteiger partial charge in [0.05, 0.1) is 0 Å². The van der Waals surface area contributed by atoms with E-state index in [1.165, 1.54) is 24.3 Å². The molecule has 1 radical (unpaired) electrons. The third-order valence-corrected chi connectivity index (χ3v) is 2.09. The van der Waals surface area contributed by atoms with Gasteiger partial charge in [-0.3, -0.25) is 10.5 Å². The van der Waals surface area contributed by atoms with E-state index in [2.05, 4.69) is 4.74 Å². The minimum Gasteiger partial charge on any atom is -0.410 e. The fraction of sp³-hybridized carbons (Fsp3) is 0.0909. The molecule has 1 rings (SSSR count). The molecular formula is C11H10N3O5. The van der Waals surface area contributed by atoms with Crippen LogP contribution in [0.2, 0.25) is 0 Å². The van der Waals surface area contributed by atoms with Crippen molar-refractivity contribution in [3.63, 3.8) is 0 Å². The molecule has 1 aromatic carbocycles. The standard InChI is InChI=1S/C11H10N3O5/c12-9(16)8(5-15)6-1-3-7(4-2-6)19-11(18)14-10(13)17/h1-5,8,12H,(H3,13,14,17,18). The Morgan fingerprint density at radius 1 is 1.26 bits per heavy atom. The quantitative estimate of drug-likeness (QED) is 0.579. The Balaban J connectivity index is 2.76. The number of benzene rings is 1. The van der Waals surface area contributed by atoms with E-state index < -0.39 is 23.9 Å². The number of nitrogens with two attached hydrogens (primary N) is 1. The van der Waals surface area contributed by atoms with Crippen LogP contribution >= 0.6 is 0 Å². The topological polar surface area (TPSA) is 139 Å². The lowest BCUT2D eigenvalue weighted by molar-refractivity contribution is -0.123. The van der Waals surface area contributed by atoms with Crippen molar-refractivity contribution in [1.29, 1.82) is 0 Å². The van der Waals surface area contributed by atoms with Gasteiger partial charge in [-0.05, 0) is 17.7 Å². The lowest BCUT2D eigenvalue weighted by Gasteiger charge is -2.07. The van der Waals surface area contributed by atoms with Crippen molar-refractivity contribution in [2.45, 2.75) is 5.92 Å². The normalized spacial score (nSPS) is 11.2. The second-order valence-corrected chi connectivity index (χ2v) is 3.43. The van der Waals surface area contributed by atoms with Gasteiger partial charge in [0.25, 0.3) is 5.91 Å². The molecule has 1 atom stereocenters. The van der Waals surface area contributed by atoms with E-state index in [1.807, 2.05) is 0 Å². The van der Waals surface area contributed by atoms with Crippen LogP contribution in [0.1, 0.15) is 11.5 Å². The second-order valence-electron chi connectivity index (χ2n) is 3.43. The van der Waals surface area contributed by atoms with E-state index in [4.69, 9.17) is 11.5 Å². The number of amides is 4. The number of urea groups is 1. The molecule has 0 saturated heterocycles. The smallest absolute Gasteiger partial charge is 0.410 e. The van der Waals surface area contributed by atoms with Gasteiger partial charge in [0.1, 0.15) is 18.0 Å². The first-order valence-electron chi connectivity index (χ1n) is 5.03. The van der Waals surface area contributed by atoms with Crippen LogP contribution in [0.5, 0.6) is 5.75 Å². The molecule has 0 spiro atoms. The first-order valence-corrected chi connectivity index (χ1v) is 5.03. The lowest BCUT2D eigenvalue weighted by Crippen LogP contribution is -2.36. The van der Waals surface area contributed by atoms with Gasteiger partial charge in [-0.15, -0.1) is 0 Å². The van der Waals surface area contributed by atoms with Crippen LogP contribution in [-0.2, 0) is 9.59 Å². The van der Waals surface area contributed by atoms with Gasteiger partial charge >= 0.3 is 12.1 Å². The number of rotatable bonds is 4. The monoisotopic (exact) mass is 264 g/mol. The average molecular weight is 264 g/mol. The van der Waals surface area contributed by atoms with Gasteiger partial charge in [-0.1, -0.05) is 12.1 Å². The fourth-order valence-corrected chi connectivity index (χ4v) is 1.27. The highest BCUT2D eigenvalue weighted by Crippen LogP contribution is 2.18. The maximum absolute atomic E-state index is 11.0. The third-order valence-electron chi connectivity index (χ3n) is 2.09. The van der Waals surface area contributed by atoms with Gasteiger partial charge in [-0.25, -0.2) is 14.9 Å². The average Bonchev–Trinajstić information content (AvgIpc) is 2.30. The van der Waals surface area contributed by atoms with E-state index in [1.54, 1.807) is 5.32 Å². The molecule has 4 N–H and O–H groups in total. The Kier molecular flexibility index (Phi) is 4.58. The van der Waals surface area contributed by atoms with E-state index >= 15 is 0 Å². The summed E-state index contributed by atoms with van der Waals surface area (Å²) >= 11 is 0. The predicted molar refractivity (Wildman–Crippen MR) is 62.1 cm³/mol. The molecule has 1 unspecified atom stereocenters. The van der Waals surface area contributed by atoms with Crippen LogP contribution in [0.3, 0.4) is 0 Å². The Bertz CT molecular complexity index is 512. The highest BCUT2D eigenvalue weighted by molar-refractivity contribution is 5.96. The van der Waals surface area contributed by atoms with Gasteiger partial charge < -0.3 is 15.3 Å². The summed E-state index contributed by atoms with van der Waals surface area (Å²) in [5.74, 6) is -2.12. The predicted octanol–water partition coefficient (Wildman–Crippen LogP) is -0.0543. The molecule has 0 aliphatic carbocycles. The summed E-state index contributed by atoms with van der Waals surface area (Å²) in [6.07, 6.45) is -0.700. The molecule has 0 saturated carbocycles. The number of nitrogens with one attached hydrogen (secondary N) is 2. The van der Waals surface area contributed by atoms with Crippen molar-refractivity contribution in [3.8, 4) is 5.75 Å². The van der Waals surface area contributed by atoms with Crippen LogP contribution in [0, 0.1) is 0 Å². The van der Waals surface area contributed by atoms with Gasteiger partial charge in [-0.2, -0.15) is 0 Å². The van der Waals surface area contributed by atoms with Crippen LogP contribution < -0.4 is 21.5 Å². The zero-order valence-electron chi connectivity index (χ0n) is 9.58. The van der Waals surface area contributed by atoms with Gasteiger partial charge in [0, 0.05) is 0 Å². The number of carbonyl (C=O) groups is 4. The first kappa shape index (κ1) is 14.2. The SMILES string of the molecule is [NH]C(=O)C(C=O)c1ccc(OC(=O)NC(N)=O)cc1. The molecule has 8 heteroatoms. The summed E-state index contributed by atoms with van der Waals surface area (Å²) in [5.41, 5.74) is 11.9. The molecule has 1 aromatic rings. The number of primary amides is 1. The Hall–Kier alpha value is -2.90.